The number of piperidine rings is 1. The van der Waals surface area contributed by atoms with Crippen molar-refractivity contribution >= 4 is 40.0 Å². The second-order valence-electron chi connectivity index (χ2n) is 7.46. The van der Waals surface area contributed by atoms with Crippen LogP contribution in [-0.4, -0.2) is 69.6 Å². The third kappa shape index (κ3) is 9.58. The molecule has 1 saturated heterocycles. The highest BCUT2D eigenvalue weighted by atomic mass is 127. The standard InChI is InChI=1S/C19H34N6O2S.HI/c1-4-21-19(24-17-7-12-25(13-8-17)15-16(2)3)22-10-11-23-28(26,27)18-6-5-9-20-14-18;/h5-6,9,14,16-17,23H,4,7-8,10-13,15H2,1-3H3,(H2,21,22,24);1H. The highest BCUT2D eigenvalue weighted by molar-refractivity contribution is 14.0. The zero-order valence-corrected chi connectivity index (χ0v) is 20.7. The van der Waals surface area contributed by atoms with Gasteiger partial charge in [0.15, 0.2) is 5.96 Å². The number of hydrogen-bond donors (Lipinski definition) is 3. The molecule has 0 spiro atoms. The quantitative estimate of drug-likeness (QED) is 0.192. The monoisotopic (exact) mass is 538 g/mol. The topological polar surface area (TPSA) is 98.7 Å². The maximum atomic E-state index is 12.2. The van der Waals surface area contributed by atoms with Gasteiger partial charge in [-0.15, -0.1) is 24.0 Å². The fraction of sp³-hybridized carbons (Fsp3) is 0.684. The van der Waals surface area contributed by atoms with Gasteiger partial charge in [-0.3, -0.25) is 9.98 Å². The number of hydrogen-bond acceptors (Lipinski definition) is 5. The largest absolute Gasteiger partial charge is 0.357 e. The fourth-order valence-electron chi connectivity index (χ4n) is 3.23. The Balaban J connectivity index is 0.00000420. The average molecular weight is 539 g/mol. The molecule has 1 fully saturated rings. The molecule has 2 heterocycles. The van der Waals surface area contributed by atoms with E-state index in [1.54, 1.807) is 12.3 Å². The van der Waals surface area contributed by atoms with Crippen LogP contribution in [0.5, 0.6) is 0 Å². The van der Waals surface area contributed by atoms with Crippen LogP contribution in [0.1, 0.15) is 33.6 Å². The number of sulfonamides is 1. The van der Waals surface area contributed by atoms with Crippen molar-refractivity contribution in [2.24, 2.45) is 10.9 Å². The zero-order valence-electron chi connectivity index (χ0n) is 17.6. The molecule has 0 aromatic carbocycles. The van der Waals surface area contributed by atoms with Crippen LogP contribution in [0.3, 0.4) is 0 Å². The SMILES string of the molecule is CCNC(=NCCNS(=O)(=O)c1cccnc1)NC1CCN(CC(C)C)CC1.I. The lowest BCUT2D eigenvalue weighted by molar-refractivity contribution is 0.187. The minimum Gasteiger partial charge on any atom is -0.357 e. The smallest absolute Gasteiger partial charge is 0.242 e. The minimum atomic E-state index is -3.54. The van der Waals surface area contributed by atoms with E-state index in [1.165, 1.54) is 12.3 Å². The predicted octanol–water partition coefficient (Wildman–Crippen LogP) is 1.65. The van der Waals surface area contributed by atoms with Crippen LogP contribution in [0.25, 0.3) is 0 Å². The van der Waals surface area contributed by atoms with Gasteiger partial charge in [0.1, 0.15) is 4.90 Å². The van der Waals surface area contributed by atoms with Gasteiger partial charge in [-0.1, -0.05) is 13.8 Å². The summed E-state index contributed by atoms with van der Waals surface area (Å²) in [6, 6.07) is 3.52. The Labute approximate surface area is 192 Å². The zero-order chi connectivity index (χ0) is 20.4. The van der Waals surface area contributed by atoms with Crippen molar-refractivity contribution in [1.82, 2.24) is 25.2 Å². The van der Waals surface area contributed by atoms with E-state index in [0.717, 1.165) is 45.0 Å². The van der Waals surface area contributed by atoms with Crippen molar-refractivity contribution in [2.75, 3.05) is 39.3 Å². The second-order valence-corrected chi connectivity index (χ2v) is 9.23. The first-order valence-electron chi connectivity index (χ1n) is 10.1. The van der Waals surface area contributed by atoms with Crippen molar-refractivity contribution < 1.29 is 8.42 Å². The Kier molecular flexibility index (Phi) is 12.0. The lowest BCUT2D eigenvalue weighted by Crippen LogP contribution is -2.49. The van der Waals surface area contributed by atoms with Crippen LogP contribution in [0.4, 0.5) is 0 Å². The summed E-state index contributed by atoms with van der Waals surface area (Å²) >= 11 is 0. The summed E-state index contributed by atoms with van der Waals surface area (Å²) in [6.45, 7) is 11.2. The van der Waals surface area contributed by atoms with Gasteiger partial charge >= 0.3 is 0 Å². The van der Waals surface area contributed by atoms with Gasteiger partial charge in [-0.25, -0.2) is 13.1 Å². The number of pyridine rings is 1. The third-order valence-electron chi connectivity index (χ3n) is 4.51. The van der Waals surface area contributed by atoms with E-state index in [9.17, 15) is 8.42 Å². The molecule has 0 radical (unpaired) electrons. The Bertz CT molecular complexity index is 707. The second kappa shape index (κ2) is 13.3. The molecule has 0 amide bonds. The van der Waals surface area contributed by atoms with Crippen LogP contribution < -0.4 is 15.4 Å². The first-order chi connectivity index (χ1) is 13.4. The van der Waals surface area contributed by atoms with Crippen molar-refractivity contribution in [1.29, 1.82) is 0 Å². The molecule has 1 aromatic rings. The molecule has 1 aliphatic heterocycles. The van der Waals surface area contributed by atoms with E-state index < -0.39 is 10.0 Å². The summed E-state index contributed by atoms with van der Waals surface area (Å²) in [6.07, 6.45) is 5.06. The number of aromatic nitrogens is 1. The fourth-order valence-corrected chi connectivity index (χ4v) is 4.21. The Hall–Kier alpha value is -0.980. The minimum absolute atomic E-state index is 0. The number of nitrogens with one attached hydrogen (secondary N) is 3. The summed E-state index contributed by atoms with van der Waals surface area (Å²) < 4.78 is 26.9. The average Bonchev–Trinajstić information content (AvgIpc) is 2.67. The number of guanidine groups is 1. The highest BCUT2D eigenvalue weighted by Crippen LogP contribution is 2.12. The van der Waals surface area contributed by atoms with Crippen molar-refractivity contribution in [2.45, 2.75) is 44.6 Å². The van der Waals surface area contributed by atoms with Gasteiger partial charge in [-0.2, -0.15) is 0 Å². The first-order valence-corrected chi connectivity index (χ1v) is 11.6. The normalized spacial score (nSPS) is 16.5. The molecule has 29 heavy (non-hydrogen) atoms. The lowest BCUT2D eigenvalue weighted by Gasteiger charge is -2.34. The molecular weight excluding hydrogens is 503 g/mol. The van der Waals surface area contributed by atoms with Crippen LogP contribution in [0.2, 0.25) is 0 Å². The van der Waals surface area contributed by atoms with Gasteiger partial charge in [-0.05, 0) is 37.8 Å². The number of likely N-dealkylation sites (tertiary alicyclic amines) is 1. The molecule has 166 valence electrons. The summed E-state index contributed by atoms with van der Waals surface area (Å²) in [7, 11) is -3.54. The molecule has 1 aromatic heterocycles. The molecule has 1 aliphatic rings. The number of aliphatic imine (C=N–C) groups is 1. The number of rotatable bonds is 9. The van der Waals surface area contributed by atoms with Gasteiger partial charge in [0.2, 0.25) is 10.0 Å². The molecule has 10 heteroatoms. The summed E-state index contributed by atoms with van der Waals surface area (Å²) in [5.41, 5.74) is 0. The van der Waals surface area contributed by atoms with Crippen LogP contribution in [-0.2, 0) is 10.0 Å². The maximum absolute atomic E-state index is 12.2. The third-order valence-corrected chi connectivity index (χ3v) is 5.96. The molecule has 0 unspecified atom stereocenters. The molecule has 0 atom stereocenters. The molecule has 8 nitrogen and oxygen atoms in total. The predicted molar refractivity (Wildman–Crippen MR) is 128 cm³/mol. The van der Waals surface area contributed by atoms with E-state index in [4.69, 9.17) is 0 Å². The van der Waals surface area contributed by atoms with Gasteiger partial charge in [0, 0.05) is 51.2 Å². The van der Waals surface area contributed by atoms with Crippen LogP contribution in [0, 0.1) is 5.92 Å². The lowest BCUT2D eigenvalue weighted by atomic mass is 10.0. The molecular formula is C19H35IN6O2S. The van der Waals surface area contributed by atoms with E-state index in [0.29, 0.717) is 18.5 Å². The highest BCUT2D eigenvalue weighted by Gasteiger charge is 2.20. The number of halogens is 1. The number of nitrogens with zero attached hydrogens (tertiary/aromatic N) is 3. The molecule has 2 rings (SSSR count). The van der Waals surface area contributed by atoms with E-state index >= 15 is 0 Å². The maximum Gasteiger partial charge on any atom is 0.242 e. The Morgan fingerprint density at radius 2 is 2.07 bits per heavy atom. The summed E-state index contributed by atoms with van der Waals surface area (Å²) in [5, 5.41) is 6.73. The van der Waals surface area contributed by atoms with Crippen LogP contribution in [0.15, 0.2) is 34.4 Å². The van der Waals surface area contributed by atoms with E-state index in [2.05, 4.69) is 44.1 Å². The van der Waals surface area contributed by atoms with Crippen molar-refractivity contribution in [3.63, 3.8) is 0 Å². The van der Waals surface area contributed by atoms with Crippen molar-refractivity contribution in [3.05, 3.63) is 24.5 Å². The van der Waals surface area contributed by atoms with E-state index in [-0.39, 0.29) is 35.4 Å². The molecule has 0 saturated carbocycles. The van der Waals surface area contributed by atoms with Gasteiger partial charge in [0.05, 0.1) is 6.54 Å². The summed E-state index contributed by atoms with van der Waals surface area (Å²) in [4.78, 5) is 11.0. The first kappa shape index (κ1) is 26.1. The Morgan fingerprint density at radius 1 is 1.34 bits per heavy atom. The molecule has 0 aliphatic carbocycles. The van der Waals surface area contributed by atoms with Crippen LogP contribution >= 0.6 is 24.0 Å². The van der Waals surface area contributed by atoms with Gasteiger partial charge in [0.25, 0.3) is 0 Å². The molecule has 3 N–H and O–H groups in total. The van der Waals surface area contributed by atoms with Crippen molar-refractivity contribution in [3.8, 4) is 0 Å². The molecule has 0 bridgehead atoms. The van der Waals surface area contributed by atoms with E-state index in [1.807, 2.05) is 6.92 Å². The summed E-state index contributed by atoms with van der Waals surface area (Å²) in [5.74, 6) is 1.43. The van der Waals surface area contributed by atoms with Gasteiger partial charge < -0.3 is 15.5 Å². The Morgan fingerprint density at radius 3 is 2.66 bits per heavy atom.